The number of para-hydroxylation sites is 1. The number of aromatic nitrogens is 1. The number of carbonyl (C=O) groups is 2. The minimum Gasteiger partial charge on any atom is -0.479 e. The Balaban J connectivity index is 0.000000204. The summed E-state index contributed by atoms with van der Waals surface area (Å²) in [4.78, 5) is 27.5. The summed E-state index contributed by atoms with van der Waals surface area (Å²) in [5, 5.41) is 10.1. The Bertz CT molecular complexity index is 1660. The maximum Gasteiger partial charge on any atom is 0.333 e. The zero-order chi connectivity index (χ0) is 31.1. The van der Waals surface area contributed by atoms with Crippen LogP contribution in [0.3, 0.4) is 0 Å². The molecule has 8 rings (SSSR count). The predicted octanol–water partition coefficient (Wildman–Crippen LogP) is 6.54. The van der Waals surface area contributed by atoms with Crippen molar-refractivity contribution in [2.45, 2.75) is 95.2 Å². The largest absolute Gasteiger partial charge is 0.479 e. The number of hydrogen-bond donors (Lipinski definition) is 2. The van der Waals surface area contributed by atoms with E-state index in [0.29, 0.717) is 18.3 Å². The topological polar surface area (TPSA) is 97.9 Å². The number of H-pyrrole nitrogens is 1. The maximum atomic E-state index is 13.0. The van der Waals surface area contributed by atoms with Gasteiger partial charge in [0.1, 0.15) is 5.60 Å². The minimum absolute atomic E-state index is 0.0563. The molecule has 2 aliphatic heterocycles. The molecular weight excluding hydrogens is 554 g/mol. The second-order valence-electron chi connectivity index (χ2n) is 14.4. The van der Waals surface area contributed by atoms with Crippen LogP contribution in [-0.4, -0.2) is 52.5 Å². The quantitative estimate of drug-likeness (QED) is 0.355. The van der Waals surface area contributed by atoms with E-state index >= 15 is 0 Å². The van der Waals surface area contributed by atoms with Crippen LogP contribution in [0, 0.1) is 17.3 Å². The second kappa shape index (κ2) is 10.1. The third-order valence-electron chi connectivity index (χ3n) is 11.9. The summed E-state index contributed by atoms with van der Waals surface area (Å²) in [6.07, 6.45) is 6.44. The fourth-order valence-electron chi connectivity index (χ4n) is 9.48. The average Bonchev–Trinajstić information content (AvgIpc) is 3.59. The molecule has 3 fully saturated rings. The summed E-state index contributed by atoms with van der Waals surface area (Å²) in [5.41, 5.74) is 5.86. The minimum atomic E-state index is -0.925. The Hall–Kier alpha value is -3.26. The first-order valence-electron chi connectivity index (χ1n) is 16.0. The van der Waals surface area contributed by atoms with E-state index in [2.05, 4.69) is 43.1 Å². The standard InChI is InChI=1S/C27H31NO3.C10H12O3/c1-24(2)23-21(29)14-19-18-10-9-15-13-17-16-7-5-6-8-20(16)28-22(17)26(15,4)25(18,3)11-12-27(19,30-23)31-24;1-13-9(10(11)12)7-8-5-3-2-4-6-8/h5-8,14-15,18,23,28H,9-13H2,1-4H3;2-6,9H,7H2,1H3,(H,11,12)/t15?,18?,23?,25?,26-,27?;/m1./s1. The second-order valence-corrected chi connectivity index (χ2v) is 14.4. The molecule has 0 radical (unpaired) electrons. The molecule has 1 saturated heterocycles. The molecule has 6 unspecified atom stereocenters. The van der Waals surface area contributed by atoms with Crippen LogP contribution in [0.2, 0.25) is 0 Å². The van der Waals surface area contributed by atoms with E-state index in [9.17, 15) is 9.59 Å². The van der Waals surface area contributed by atoms with E-state index in [-0.39, 0.29) is 16.6 Å². The van der Waals surface area contributed by atoms with Crippen LogP contribution in [-0.2, 0) is 42.1 Å². The number of carbonyl (C=O) groups excluding carboxylic acids is 1. The van der Waals surface area contributed by atoms with E-state index in [1.54, 1.807) is 0 Å². The fourth-order valence-corrected chi connectivity index (χ4v) is 9.48. The molecule has 1 aromatic heterocycles. The monoisotopic (exact) mass is 597 g/mol. The van der Waals surface area contributed by atoms with Gasteiger partial charge in [0.2, 0.25) is 0 Å². The highest BCUT2D eigenvalue weighted by Gasteiger charge is 2.69. The number of hydrogen-bond acceptors (Lipinski definition) is 5. The lowest BCUT2D eigenvalue weighted by Gasteiger charge is -2.61. The molecule has 232 valence electrons. The lowest BCUT2D eigenvalue weighted by Crippen LogP contribution is -2.60. The van der Waals surface area contributed by atoms with Gasteiger partial charge in [-0.25, -0.2) is 4.79 Å². The van der Waals surface area contributed by atoms with Gasteiger partial charge in [0.25, 0.3) is 0 Å². The number of benzene rings is 2. The van der Waals surface area contributed by atoms with Crippen molar-refractivity contribution in [1.29, 1.82) is 0 Å². The normalized spacial score (nSPS) is 35.0. The Labute approximate surface area is 259 Å². The van der Waals surface area contributed by atoms with Crippen molar-refractivity contribution >= 4 is 22.7 Å². The molecule has 2 aromatic carbocycles. The average molecular weight is 598 g/mol. The van der Waals surface area contributed by atoms with E-state index in [0.717, 1.165) is 36.8 Å². The van der Waals surface area contributed by atoms with Gasteiger partial charge in [-0.1, -0.05) is 62.4 Å². The summed E-state index contributed by atoms with van der Waals surface area (Å²) in [5.74, 6) is -0.590. The molecule has 44 heavy (non-hydrogen) atoms. The predicted molar refractivity (Wildman–Crippen MR) is 167 cm³/mol. The maximum absolute atomic E-state index is 13.0. The molecule has 7 heteroatoms. The van der Waals surface area contributed by atoms with Gasteiger partial charge in [-0.2, -0.15) is 0 Å². The number of carboxylic acids is 1. The Morgan fingerprint density at radius 1 is 1.05 bits per heavy atom. The molecule has 3 aromatic rings. The van der Waals surface area contributed by atoms with E-state index < -0.39 is 29.6 Å². The Morgan fingerprint density at radius 3 is 2.50 bits per heavy atom. The van der Waals surface area contributed by atoms with Gasteiger partial charge < -0.3 is 24.3 Å². The van der Waals surface area contributed by atoms with Crippen molar-refractivity contribution in [3.8, 4) is 0 Å². The summed E-state index contributed by atoms with van der Waals surface area (Å²) in [7, 11) is 1.40. The van der Waals surface area contributed by atoms with Gasteiger partial charge in [-0.05, 0) is 85.6 Å². The van der Waals surface area contributed by atoms with Gasteiger partial charge in [-0.15, -0.1) is 0 Å². The zero-order valence-corrected chi connectivity index (χ0v) is 26.3. The lowest BCUT2D eigenvalue weighted by molar-refractivity contribution is -0.205. The Kier molecular flexibility index (Phi) is 6.78. The highest BCUT2D eigenvalue weighted by atomic mass is 16.8. The number of methoxy groups -OCH3 is 1. The van der Waals surface area contributed by atoms with E-state index in [4.69, 9.17) is 19.3 Å². The van der Waals surface area contributed by atoms with Crippen LogP contribution in [0.15, 0.2) is 66.2 Å². The summed E-state index contributed by atoms with van der Waals surface area (Å²) < 4.78 is 17.8. The third kappa shape index (κ3) is 4.12. The Morgan fingerprint density at radius 2 is 1.77 bits per heavy atom. The van der Waals surface area contributed by atoms with Gasteiger partial charge in [0.15, 0.2) is 23.8 Å². The van der Waals surface area contributed by atoms with E-state index in [1.807, 2.05) is 50.3 Å². The first-order valence-corrected chi connectivity index (χ1v) is 16.0. The van der Waals surface area contributed by atoms with Gasteiger partial charge >= 0.3 is 5.97 Å². The van der Waals surface area contributed by atoms with Crippen LogP contribution < -0.4 is 0 Å². The highest BCUT2D eigenvalue weighted by molar-refractivity contribution is 5.97. The summed E-state index contributed by atoms with van der Waals surface area (Å²) in [6.45, 7) is 8.98. The number of ketones is 1. The van der Waals surface area contributed by atoms with Crippen molar-refractivity contribution in [3.05, 3.63) is 83.1 Å². The SMILES string of the molecule is CC1(C)OC23CCC4(C)C(CCC5Cc6c([nH]c7ccccc67)[C@@]54C)C2=CC(=O)C1O3.COC(Cc1ccccc1)C(=O)O. The number of nitrogens with one attached hydrogen (secondary N) is 1. The van der Waals surface area contributed by atoms with Crippen molar-refractivity contribution < 1.29 is 28.9 Å². The third-order valence-corrected chi connectivity index (χ3v) is 11.9. The highest BCUT2D eigenvalue weighted by Crippen LogP contribution is 2.70. The van der Waals surface area contributed by atoms with Crippen molar-refractivity contribution in [2.75, 3.05) is 7.11 Å². The number of fused-ring (bicyclic) bond motifs is 9. The smallest absolute Gasteiger partial charge is 0.333 e. The first-order chi connectivity index (χ1) is 20.9. The van der Waals surface area contributed by atoms with Crippen LogP contribution >= 0.6 is 0 Å². The number of aliphatic carboxylic acids is 1. The number of rotatable bonds is 4. The number of carboxylic acid groups (broad SMARTS) is 1. The number of aromatic amines is 1. The number of ether oxygens (including phenoxy) is 3. The van der Waals surface area contributed by atoms with Gasteiger partial charge in [-0.3, -0.25) is 4.79 Å². The lowest BCUT2D eigenvalue weighted by atomic mass is 9.44. The van der Waals surface area contributed by atoms with Crippen molar-refractivity contribution in [3.63, 3.8) is 0 Å². The van der Waals surface area contributed by atoms with Crippen LogP contribution in [0.25, 0.3) is 10.9 Å². The molecule has 3 heterocycles. The fraction of sp³-hybridized carbons (Fsp3) is 0.514. The van der Waals surface area contributed by atoms with Crippen LogP contribution in [0.4, 0.5) is 0 Å². The zero-order valence-electron chi connectivity index (χ0n) is 26.3. The molecule has 7 nitrogen and oxygen atoms in total. The van der Waals surface area contributed by atoms with E-state index in [1.165, 1.54) is 35.7 Å². The van der Waals surface area contributed by atoms with Gasteiger partial charge in [0.05, 0.1) is 0 Å². The summed E-state index contributed by atoms with van der Waals surface area (Å²) >= 11 is 0. The molecule has 2 N–H and O–H groups in total. The molecule has 2 saturated carbocycles. The van der Waals surface area contributed by atoms with Crippen molar-refractivity contribution in [1.82, 2.24) is 4.98 Å². The molecule has 2 bridgehead atoms. The molecule has 7 atom stereocenters. The van der Waals surface area contributed by atoms with Crippen LogP contribution in [0.1, 0.15) is 70.2 Å². The van der Waals surface area contributed by atoms with Crippen LogP contribution in [0.5, 0.6) is 0 Å². The van der Waals surface area contributed by atoms with Gasteiger partial charge in [0, 0.05) is 42.0 Å². The molecule has 5 aliphatic rings. The van der Waals surface area contributed by atoms with Crippen molar-refractivity contribution in [2.24, 2.45) is 17.3 Å². The summed E-state index contributed by atoms with van der Waals surface area (Å²) in [6, 6.07) is 18.2. The molecular formula is C37H43NO6. The molecule has 1 spiro atoms. The molecule has 3 aliphatic carbocycles. The molecule has 0 amide bonds. The first kappa shape index (κ1) is 29.5.